The molecular weight excluding hydrogens is 490 g/mol. The van der Waals surface area contributed by atoms with E-state index in [9.17, 15) is 14.4 Å². The molecule has 0 aliphatic carbocycles. The van der Waals surface area contributed by atoms with Gasteiger partial charge in [0.15, 0.2) is 11.5 Å². The standard InChI is InChI=1S/C28H27N3O7/c1-3-36-22-6-4-5-19(14-22)29-26(32)15-23-27(33)31(20-8-10-21(35-2)11-9-20)28(34)30(23)16-18-7-12-24-25(13-18)38-17-37-24/h4-14,23H,3,15-17H2,1-2H3,(H,29,32)/t23-/m0/s1. The van der Waals surface area contributed by atoms with E-state index in [1.165, 1.54) is 12.0 Å². The molecule has 2 heterocycles. The second-order valence-corrected chi connectivity index (χ2v) is 8.70. The molecule has 2 aliphatic heterocycles. The minimum absolute atomic E-state index is 0.103. The summed E-state index contributed by atoms with van der Waals surface area (Å²) in [6.45, 7) is 2.59. The number of methoxy groups -OCH3 is 1. The van der Waals surface area contributed by atoms with E-state index >= 15 is 0 Å². The Balaban J connectivity index is 1.40. The Kier molecular flexibility index (Phi) is 7.03. The van der Waals surface area contributed by atoms with E-state index in [-0.39, 0.29) is 19.8 Å². The van der Waals surface area contributed by atoms with Crippen molar-refractivity contribution in [1.82, 2.24) is 4.90 Å². The van der Waals surface area contributed by atoms with Crippen molar-refractivity contribution in [1.29, 1.82) is 0 Å². The van der Waals surface area contributed by atoms with Crippen molar-refractivity contribution >= 4 is 29.2 Å². The molecule has 38 heavy (non-hydrogen) atoms. The molecule has 1 N–H and O–H groups in total. The monoisotopic (exact) mass is 517 g/mol. The van der Waals surface area contributed by atoms with Crippen LogP contribution < -0.4 is 29.2 Å². The van der Waals surface area contributed by atoms with Gasteiger partial charge in [-0.2, -0.15) is 0 Å². The molecule has 1 saturated heterocycles. The molecule has 1 atom stereocenters. The maximum absolute atomic E-state index is 13.6. The van der Waals surface area contributed by atoms with Crippen LogP contribution in [0.2, 0.25) is 0 Å². The highest BCUT2D eigenvalue weighted by molar-refractivity contribution is 6.22. The second-order valence-electron chi connectivity index (χ2n) is 8.70. The maximum atomic E-state index is 13.6. The van der Waals surface area contributed by atoms with E-state index in [4.69, 9.17) is 18.9 Å². The number of anilines is 2. The molecule has 3 aromatic carbocycles. The molecule has 0 spiro atoms. The molecule has 10 heteroatoms. The number of rotatable bonds is 9. The van der Waals surface area contributed by atoms with Gasteiger partial charge in [0.1, 0.15) is 17.5 Å². The Bertz CT molecular complexity index is 1360. The Hall–Kier alpha value is -4.73. The number of fused-ring (bicyclic) bond motifs is 1. The van der Waals surface area contributed by atoms with Crippen molar-refractivity contribution in [2.24, 2.45) is 0 Å². The van der Waals surface area contributed by atoms with Crippen LogP contribution in [0.25, 0.3) is 0 Å². The van der Waals surface area contributed by atoms with Gasteiger partial charge in [-0.1, -0.05) is 12.1 Å². The van der Waals surface area contributed by atoms with Crippen LogP contribution in [0, 0.1) is 0 Å². The van der Waals surface area contributed by atoms with Crippen LogP contribution in [0.4, 0.5) is 16.2 Å². The number of urea groups is 1. The number of nitrogens with zero attached hydrogens (tertiary/aromatic N) is 2. The average Bonchev–Trinajstić information content (AvgIpc) is 3.47. The van der Waals surface area contributed by atoms with E-state index in [0.29, 0.717) is 41.0 Å². The summed E-state index contributed by atoms with van der Waals surface area (Å²) in [5.74, 6) is 1.50. The summed E-state index contributed by atoms with van der Waals surface area (Å²) < 4.78 is 21.5. The fourth-order valence-electron chi connectivity index (χ4n) is 4.44. The predicted octanol–water partition coefficient (Wildman–Crippen LogP) is 4.19. The van der Waals surface area contributed by atoms with Gasteiger partial charge >= 0.3 is 6.03 Å². The van der Waals surface area contributed by atoms with Crippen LogP contribution in [-0.4, -0.2) is 49.3 Å². The molecule has 0 saturated carbocycles. The lowest BCUT2D eigenvalue weighted by Gasteiger charge is -2.22. The summed E-state index contributed by atoms with van der Waals surface area (Å²) in [4.78, 5) is 42.7. The number of benzene rings is 3. The van der Waals surface area contributed by atoms with Gasteiger partial charge in [-0.3, -0.25) is 9.59 Å². The molecule has 196 valence electrons. The second kappa shape index (κ2) is 10.7. The zero-order chi connectivity index (χ0) is 26.6. The molecule has 0 radical (unpaired) electrons. The number of hydrogen-bond acceptors (Lipinski definition) is 7. The van der Waals surface area contributed by atoms with E-state index in [1.54, 1.807) is 66.7 Å². The average molecular weight is 518 g/mol. The molecule has 0 bridgehead atoms. The smallest absolute Gasteiger partial charge is 0.332 e. The van der Waals surface area contributed by atoms with Gasteiger partial charge in [0.2, 0.25) is 12.7 Å². The molecule has 4 amide bonds. The quantitative estimate of drug-likeness (QED) is 0.424. The molecule has 3 aromatic rings. The summed E-state index contributed by atoms with van der Waals surface area (Å²) >= 11 is 0. The van der Waals surface area contributed by atoms with Crippen molar-refractivity contribution in [3.8, 4) is 23.0 Å². The maximum Gasteiger partial charge on any atom is 0.332 e. The highest BCUT2D eigenvalue weighted by atomic mass is 16.7. The van der Waals surface area contributed by atoms with Crippen LogP contribution in [0.1, 0.15) is 18.9 Å². The Morgan fingerprint density at radius 3 is 2.55 bits per heavy atom. The number of nitrogens with one attached hydrogen (secondary N) is 1. The Morgan fingerprint density at radius 1 is 1.00 bits per heavy atom. The Morgan fingerprint density at radius 2 is 1.79 bits per heavy atom. The van der Waals surface area contributed by atoms with Crippen molar-refractivity contribution in [3.05, 3.63) is 72.3 Å². The van der Waals surface area contributed by atoms with Crippen LogP contribution in [0.15, 0.2) is 66.7 Å². The third-order valence-corrected chi connectivity index (χ3v) is 6.25. The van der Waals surface area contributed by atoms with Gasteiger partial charge in [-0.05, 0) is 61.0 Å². The van der Waals surface area contributed by atoms with E-state index in [2.05, 4.69) is 5.32 Å². The van der Waals surface area contributed by atoms with Crippen molar-refractivity contribution in [3.63, 3.8) is 0 Å². The third kappa shape index (κ3) is 5.06. The number of hydrogen-bond donors (Lipinski definition) is 1. The van der Waals surface area contributed by atoms with Gasteiger partial charge in [-0.25, -0.2) is 9.69 Å². The van der Waals surface area contributed by atoms with Crippen molar-refractivity contribution < 1.29 is 33.3 Å². The predicted molar refractivity (Wildman–Crippen MR) is 139 cm³/mol. The van der Waals surface area contributed by atoms with Gasteiger partial charge in [-0.15, -0.1) is 0 Å². The molecule has 0 unspecified atom stereocenters. The van der Waals surface area contributed by atoms with Crippen LogP contribution >= 0.6 is 0 Å². The summed E-state index contributed by atoms with van der Waals surface area (Å²) in [5, 5.41) is 2.81. The summed E-state index contributed by atoms with van der Waals surface area (Å²) in [5.41, 5.74) is 1.66. The summed E-state index contributed by atoms with van der Waals surface area (Å²) in [7, 11) is 1.53. The molecule has 2 aliphatic rings. The van der Waals surface area contributed by atoms with Crippen molar-refractivity contribution in [2.45, 2.75) is 25.9 Å². The fraction of sp³-hybridized carbons (Fsp3) is 0.250. The first-order valence-electron chi connectivity index (χ1n) is 12.2. The van der Waals surface area contributed by atoms with Gasteiger partial charge in [0.25, 0.3) is 5.91 Å². The highest BCUT2D eigenvalue weighted by Crippen LogP contribution is 2.35. The first-order chi connectivity index (χ1) is 18.5. The SMILES string of the molecule is CCOc1cccc(NC(=O)C[C@H]2C(=O)N(c3ccc(OC)cc3)C(=O)N2Cc2ccc3c(c2)OCO3)c1. The van der Waals surface area contributed by atoms with Crippen LogP contribution in [0.5, 0.6) is 23.0 Å². The van der Waals surface area contributed by atoms with Crippen LogP contribution in [-0.2, 0) is 16.1 Å². The van der Waals surface area contributed by atoms with Gasteiger partial charge in [0, 0.05) is 18.3 Å². The van der Waals surface area contributed by atoms with E-state index in [1.807, 2.05) is 6.92 Å². The summed E-state index contributed by atoms with van der Waals surface area (Å²) in [6.07, 6.45) is -0.222. The molecule has 10 nitrogen and oxygen atoms in total. The van der Waals surface area contributed by atoms with E-state index < -0.39 is 23.9 Å². The van der Waals surface area contributed by atoms with E-state index in [0.717, 1.165) is 10.5 Å². The number of amides is 4. The third-order valence-electron chi connectivity index (χ3n) is 6.25. The number of carbonyl (C=O) groups is 3. The molecule has 5 rings (SSSR count). The normalized spacial score (nSPS) is 16.1. The van der Waals surface area contributed by atoms with Gasteiger partial charge < -0.3 is 29.2 Å². The molecule has 0 aromatic heterocycles. The number of ether oxygens (including phenoxy) is 4. The summed E-state index contributed by atoms with van der Waals surface area (Å²) in [6, 6.07) is 17.4. The van der Waals surface area contributed by atoms with Crippen LogP contribution in [0.3, 0.4) is 0 Å². The number of carbonyl (C=O) groups excluding carboxylic acids is 3. The fourth-order valence-corrected chi connectivity index (χ4v) is 4.44. The zero-order valence-corrected chi connectivity index (χ0v) is 21.0. The lowest BCUT2D eigenvalue weighted by molar-refractivity contribution is -0.124. The Labute approximate surface area is 219 Å². The lowest BCUT2D eigenvalue weighted by Crippen LogP contribution is -2.37. The number of imide groups is 1. The first-order valence-corrected chi connectivity index (χ1v) is 12.2. The largest absolute Gasteiger partial charge is 0.497 e. The molecule has 1 fully saturated rings. The molecular formula is C28H27N3O7. The zero-order valence-electron chi connectivity index (χ0n) is 21.0. The topological polar surface area (TPSA) is 107 Å². The minimum Gasteiger partial charge on any atom is -0.497 e. The lowest BCUT2D eigenvalue weighted by atomic mass is 10.1. The minimum atomic E-state index is -1.01. The first kappa shape index (κ1) is 24.9. The van der Waals surface area contributed by atoms with Gasteiger partial charge in [0.05, 0.1) is 25.8 Å². The van der Waals surface area contributed by atoms with Crippen molar-refractivity contribution in [2.75, 3.05) is 30.7 Å². The highest BCUT2D eigenvalue weighted by Gasteiger charge is 2.46.